The Morgan fingerprint density at radius 1 is 1.32 bits per heavy atom. The van der Waals surface area contributed by atoms with Crippen LogP contribution in [-0.4, -0.2) is 29.8 Å². The quantitative estimate of drug-likeness (QED) is 0.922. The second-order valence-electron chi connectivity index (χ2n) is 5.01. The van der Waals surface area contributed by atoms with Crippen LogP contribution >= 0.6 is 11.6 Å². The Labute approximate surface area is 130 Å². The maximum Gasteiger partial charge on any atom is 0.416 e. The van der Waals surface area contributed by atoms with Crippen LogP contribution in [0.3, 0.4) is 0 Å². The van der Waals surface area contributed by atoms with E-state index in [1.54, 1.807) is 0 Å². The van der Waals surface area contributed by atoms with Gasteiger partial charge in [0.05, 0.1) is 22.8 Å². The van der Waals surface area contributed by atoms with Gasteiger partial charge in [0.15, 0.2) is 0 Å². The van der Waals surface area contributed by atoms with E-state index >= 15 is 0 Å². The highest BCUT2D eigenvalue weighted by Gasteiger charge is 2.31. The number of hydrogen-bond donors (Lipinski definition) is 1. The first-order chi connectivity index (χ1) is 10.3. The summed E-state index contributed by atoms with van der Waals surface area (Å²) in [5, 5.41) is 2.33. The molecule has 120 valence electrons. The second-order valence-corrected chi connectivity index (χ2v) is 5.42. The van der Waals surface area contributed by atoms with Crippen LogP contribution < -0.4 is 5.32 Å². The Morgan fingerprint density at radius 2 is 2.05 bits per heavy atom. The minimum absolute atomic E-state index is 0.00585. The highest BCUT2D eigenvalue weighted by molar-refractivity contribution is 6.33. The molecule has 1 fully saturated rings. The number of carbonyl (C=O) groups excluding carboxylic acids is 2. The molecule has 2 amide bonds. The molecule has 1 heterocycles. The van der Waals surface area contributed by atoms with Gasteiger partial charge < -0.3 is 10.2 Å². The molecule has 1 saturated heterocycles. The first-order valence-corrected chi connectivity index (χ1v) is 7.09. The van der Waals surface area contributed by atoms with E-state index in [4.69, 9.17) is 11.6 Å². The fourth-order valence-corrected chi connectivity index (χ4v) is 2.35. The van der Waals surface area contributed by atoms with Crippen LogP contribution in [0.4, 0.5) is 18.9 Å². The van der Waals surface area contributed by atoms with Gasteiger partial charge in [-0.3, -0.25) is 9.59 Å². The largest absolute Gasteiger partial charge is 0.416 e. The van der Waals surface area contributed by atoms with Crippen molar-refractivity contribution < 1.29 is 22.8 Å². The number of hydrogen-bond acceptors (Lipinski definition) is 2. The van der Waals surface area contributed by atoms with Crippen LogP contribution in [0.5, 0.6) is 0 Å². The number of carbonyl (C=O) groups is 2. The van der Waals surface area contributed by atoms with Crippen LogP contribution in [0.1, 0.15) is 24.8 Å². The number of rotatable bonds is 3. The molecule has 0 unspecified atom stereocenters. The predicted molar refractivity (Wildman–Crippen MR) is 75.5 cm³/mol. The molecule has 0 aromatic heterocycles. The highest BCUT2D eigenvalue weighted by Crippen LogP contribution is 2.33. The summed E-state index contributed by atoms with van der Waals surface area (Å²) in [5.74, 6) is -0.701. The van der Waals surface area contributed by atoms with Gasteiger partial charge in [-0.1, -0.05) is 11.6 Å². The monoisotopic (exact) mass is 334 g/mol. The van der Waals surface area contributed by atoms with E-state index in [9.17, 15) is 22.8 Å². The van der Waals surface area contributed by atoms with Crippen LogP contribution in [-0.2, 0) is 15.8 Å². The number of nitrogens with zero attached hydrogens (tertiary/aromatic N) is 1. The molecule has 0 aliphatic carbocycles. The van der Waals surface area contributed by atoms with Crippen molar-refractivity contribution >= 4 is 29.1 Å². The number of anilines is 1. The Bertz CT molecular complexity index is 590. The molecule has 4 nitrogen and oxygen atoms in total. The number of likely N-dealkylation sites (tertiary alicyclic amines) is 1. The van der Waals surface area contributed by atoms with Gasteiger partial charge in [-0.2, -0.15) is 13.2 Å². The number of alkyl halides is 3. The van der Waals surface area contributed by atoms with Crippen molar-refractivity contribution in [3.05, 3.63) is 28.8 Å². The Hall–Kier alpha value is -1.76. The van der Waals surface area contributed by atoms with Gasteiger partial charge in [0, 0.05) is 13.0 Å². The minimum Gasteiger partial charge on any atom is -0.333 e. The van der Waals surface area contributed by atoms with Crippen LogP contribution in [0.15, 0.2) is 18.2 Å². The summed E-state index contributed by atoms with van der Waals surface area (Å²) in [6.07, 6.45) is -2.54. The standard InChI is InChI=1S/C14H14ClF3N2O2/c15-10-5-4-9(14(16,17)18)7-11(10)19-12(21)8-20-6-2-1-3-13(20)22/h4-5,7H,1-3,6,8H2,(H,19,21). The van der Waals surface area contributed by atoms with Gasteiger partial charge in [0.25, 0.3) is 0 Å². The topological polar surface area (TPSA) is 49.4 Å². The first-order valence-electron chi connectivity index (χ1n) is 6.72. The highest BCUT2D eigenvalue weighted by atomic mass is 35.5. The second kappa shape index (κ2) is 6.56. The number of piperidine rings is 1. The zero-order valence-corrected chi connectivity index (χ0v) is 12.3. The zero-order chi connectivity index (χ0) is 16.3. The molecule has 2 rings (SSSR count). The molecule has 8 heteroatoms. The molecular weight excluding hydrogens is 321 g/mol. The summed E-state index contributed by atoms with van der Waals surface area (Å²) >= 11 is 5.80. The van der Waals surface area contributed by atoms with Gasteiger partial charge in [-0.15, -0.1) is 0 Å². The number of nitrogens with one attached hydrogen (secondary N) is 1. The van der Waals surface area contributed by atoms with Crippen molar-refractivity contribution in [1.29, 1.82) is 0 Å². The van der Waals surface area contributed by atoms with Crippen molar-refractivity contribution in [3.8, 4) is 0 Å². The fourth-order valence-electron chi connectivity index (χ4n) is 2.19. The fraction of sp³-hybridized carbons (Fsp3) is 0.429. The lowest BCUT2D eigenvalue weighted by molar-refractivity contribution is -0.137. The van der Waals surface area contributed by atoms with Gasteiger partial charge in [0.1, 0.15) is 0 Å². The molecular formula is C14H14ClF3N2O2. The molecule has 0 bridgehead atoms. The van der Waals surface area contributed by atoms with Crippen molar-refractivity contribution in [3.63, 3.8) is 0 Å². The van der Waals surface area contributed by atoms with E-state index in [2.05, 4.69) is 5.32 Å². The van der Waals surface area contributed by atoms with Crippen molar-refractivity contribution in [1.82, 2.24) is 4.90 Å². The summed E-state index contributed by atoms with van der Waals surface area (Å²) < 4.78 is 38.0. The third-order valence-electron chi connectivity index (χ3n) is 3.32. The number of benzene rings is 1. The molecule has 0 radical (unpaired) electrons. The maximum absolute atomic E-state index is 12.7. The molecule has 22 heavy (non-hydrogen) atoms. The van der Waals surface area contributed by atoms with E-state index in [1.165, 1.54) is 4.90 Å². The lowest BCUT2D eigenvalue weighted by atomic mass is 10.1. The molecule has 0 saturated carbocycles. The van der Waals surface area contributed by atoms with Crippen LogP contribution in [0, 0.1) is 0 Å². The molecule has 1 aliphatic rings. The third-order valence-corrected chi connectivity index (χ3v) is 3.65. The van der Waals surface area contributed by atoms with E-state index in [1.807, 2.05) is 0 Å². The summed E-state index contributed by atoms with van der Waals surface area (Å²) in [7, 11) is 0. The molecule has 0 atom stereocenters. The number of halogens is 4. The maximum atomic E-state index is 12.7. The average Bonchev–Trinajstić information content (AvgIpc) is 2.42. The zero-order valence-electron chi connectivity index (χ0n) is 11.5. The van der Waals surface area contributed by atoms with E-state index < -0.39 is 17.6 Å². The Kier molecular flexibility index (Phi) is 4.95. The predicted octanol–water partition coefficient (Wildman–Crippen LogP) is 3.31. The first kappa shape index (κ1) is 16.6. The van der Waals surface area contributed by atoms with E-state index in [0.717, 1.165) is 31.0 Å². The number of amides is 2. The van der Waals surface area contributed by atoms with Crippen molar-refractivity contribution in [2.45, 2.75) is 25.4 Å². The summed E-state index contributed by atoms with van der Waals surface area (Å²) in [4.78, 5) is 24.9. The minimum atomic E-state index is -4.52. The van der Waals surface area contributed by atoms with E-state index in [-0.39, 0.29) is 23.2 Å². The Morgan fingerprint density at radius 3 is 2.68 bits per heavy atom. The van der Waals surface area contributed by atoms with Crippen LogP contribution in [0.25, 0.3) is 0 Å². The molecule has 1 aromatic rings. The Balaban J connectivity index is 2.06. The molecule has 1 N–H and O–H groups in total. The normalized spacial score (nSPS) is 15.8. The lowest BCUT2D eigenvalue weighted by Crippen LogP contribution is -2.40. The lowest BCUT2D eigenvalue weighted by Gasteiger charge is -2.26. The van der Waals surface area contributed by atoms with Gasteiger partial charge in [0.2, 0.25) is 11.8 Å². The third kappa shape index (κ3) is 4.13. The summed E-state index contributed by atoms with van der Waals surface area (Å²) in [6.45, 7) is 0.286. The SMILES string of the molecule is O=C(CN1CCCCC1=O)Nc1cc(C(F)(F)F)ccc1Cl. The van der Waals surface area contributed by atoms with Crippen molar-refractivity contribution in [2.24, 2.45) is 0 Å². The molecule has 1 aromatic carbocycles. The van der Waals surface area contributed by atoms with Gasteiger partial charge in [-0.25, -0.2) is 0 Å². The van der Waals surface area contributed by atoms with E-state index in [0.29, 0.717) is 13.0 Å². The van der Waals surface area contributed by atoms with Crippen molar-refractivity contribution in [2.75, 3.05) is 18.4 Å². The average molecular weight is 335 g/mol. The van der Waals surface area contributed by atoms with Gasteiger partial charge >= 0.3 is 6.18 Å². The smallest absolute Gasteiger partial charge is 0.333 e. The summed E-state index contributed by atoms with van der Waals surface area (Å²) in [5.41, 5.74) is -1.02. The van der Waals surface area contributed by atoms with Gasteiger partial charge in [-0.05, 0) is 31.0 Å². The molecule has 0 spiro atoms. The summed E-state index contributed by atoms with van der Waals surface area (Å²) in [6, 6.07) is 2.69. The van der Waals surface area contributed by atoms with Crippen LogP contribution in [0.2, 0.25) is 5.02 Å². The molecule has 1 aliphatic heterocycles.